The Morgan fingerprint density at radius 1 is 1.11 bits per heavy atom. The van der Waals surface area contributed by atoms with Crippen LogP contribution in [0.25, 0.3) is 0 Å². The highest BCUT2D eigenvalue weighted by Crippen LogP contribution is 2.29. The number of piperidine rings is 1. The predicted octanol–water partition coefficient (Wildman–Crippen LogP) is 4.62. The van der Waals surface area contributed by atoms with Crippen molar-refractivity contribution in [1.29, 1.82) is 0 Å². The van der Waals surface area contributed by atoms with Crippen molar-refractivity contribution in [2.45, 2.75) is 31.8 Å². The van der Waals surface area contributed by atoms with E-state index < -0.39 is 0 Å². The molecule has 1 aliphatic heterocycles. The van der Waals surface area contributed by atoms with Gasteiger partial charge >= 0.3 is 0 Å². The van der Waals surface area contributed by atoms with Crippen LogP contribution in [0.1, 0.15) is 35.6 Å². The normalized spacial score (nSPS) is 17.9. The molecule has 0 spiro atoms. The Morgan fingerprint density at radius 2 is 2.00 bits per heavy atom. The third-order valence-electron chi connectivity index (χ3n) is 5.27. The Bertz CT molecular complexity index is 908. The maximum absolute atomic E-state index is 9.79. The van der Waals surface area contributed by atoms with Crippen LogP contribution in [0, 0.1) is 3.57 Å². The number of phenols is 1. The van der Waals surface area contributed by atoms with Crippen LogP contribution >= 0.6 is 22.6 Å². The minimum Gasteiger partial charge on any atom is -0.508 e. The monoisotopic (exact) mass is 473 g/mol. The number of imidazole rings is 1. The van der Waals surface area contributed by atoms with Crippen molar-refractivity contribution >= 4 is 22.6 Å². The van der Waals surface area contributed by atoms with Gasteiger partial charge in [-0.3, -0.25) is 4.90 Å². The first-order valence-corrected chi connectivity index (χ1v) is 10.5. The van der Waals surface area contributed by atoms with E-state index in [1.165, 1.54) is 33.2 Å². The van der Waals surface area contributed by atoms with Crippen molar-refractivity contribution < 1.29 is 5.11 Å². The Hall–Kier alpha value is -1.86. The standard InChI is InChI=1S/C22H24IN3O/c23-20-7-1-4-17(10-20)13-26-16-24-12-21(26)15-25-9-3-6-19(14-25)18-5-2-8-22(27)11-18/h1-2,4-5,7-8,10-12,16,19,27H,3,6,9,13-15H2. The van der Waals surface area contributed by atoms with Crippen molar-refractivity contribution in [3.8, 4) is 5.75 Å². The molecule has 4 nitrogen and oxygen atoms in total. The lowest BCUT2D eigenvalue weighted by Crippen LogP contribution is -2.34. The van der Waals surface area contributed by atoms with E-state index in [1.807, 2.05) is 24.7 Å². The van der Waals surface area contributed by atoms with Gasteiger partial charge in [-0.05, 0) is 83.3 Å². The van der Waals surface area contributed by atoms with Gasteiger partial charge in [0, 0.05) is 29.4 Å². The summed E-state index contributed by atoms with van der Waals surface area (Å²) in [5, 5.41) is 9.79. The molecule has 1 aromatic heterocycles. The highest BCUT2D eigenvalue weighted by atomic mass is 127. The van der Waals surface area contributed by atoms with Gasteiger partial charge in [0.15, 0.2) is 0 Å². The van der Waals surface area contributed by atoms with Crippen LogP contribution in [-0.2, 0) is 13.1 Å². The molecule has 2 heterocycles. The summed E-state index contributed by atoms with van der Waals surface area (Å²) in [6.07, 6.45) is 6.30. The molecule has 1 saturated heterocycles. The number of likely N-dealkylation sites (tertiary alicyclic amines) is 1. The second-order valence-electron chi connectivity index (χ2n) is 7.31. The van der Waals surface area contributed by atoms with Crippen molar-refractivity contribution in [3.63, 3.8) is 0 Å². The first-order valence-electron chi connectivity index (χ1n) is 9.42. The zero-order chi connectivity index (χ0) is 18.6. The van der Waals surface area contributed by atoms with E-state index in [4.69, 9.17) is 0 Å². The van der Waals surface area contributed by atoms with Gasteiger partial charge in [0.05, 0.1) is 12.0 Å². The summed E-state index contributed by atoms with van der Waals surface area (Å²) in [5.41, 5.74) is 3.80. The van der Waals surface area contributed by atoms with Crippen molar-refractivity contribution in [2.24, 2.45) is 0 Å². The summed E-state index contributed by atoms with van der Waals surface area (Å²) in [6, 6.07) is 16.4. The largest absolute Gasteiger partial charge is 0.508 e. The molecule has 1 N–H and O–H groups in total. The molecule has 0 aliphatic carbocycles. The highest BCUT2D eigenvalue weighted by Gasteiger charge is 2.22. The molecule has 27 heavy (non-hydrogen) atoms. The number of phenolic OH excluding ortho intramolecular Hbond substituents is 1. The van der Waals surface area contributed by atoms with Crippen molar-refractivity contribution in [3.05, 3.63) is 81.4 Å². The molecule has 1 unspecified atom stereocenters. The molecule has 4 rings (SSSR count). The van der Waals surface area contributed by atoms with Gasteiger partial charge in [-0.25, -0.2) is 4.98 Å². The van der Waals surface area contributed by atoms with E-state index in [0.717, 1.165) is 26.2 Å². The van der Waals surface area contributed by atoms with Crippen LogP contribution in [0.15, 0.2) is 61.1 Å². The van der Waals surface area contributed by atoms with Crippen LogP contribution < -0.4 is 0 Å². The molecule has 1 fully saturated rings. The second kappa shape index (κ2) is 8.44. The summed E-state index contributed by atoms with van der Waals surface area (Å²) >= 11 is 2.36. The SMILES string of the molecule is Oc1cccc(C2CCCN(Cc3cncn3Cc3cccc(I)c3)C2)c1. The molecule has 3 aromatic rings. The minimum absolute atomic E-state index is 0.361. The summed E-state index contributed by atoms with van der Waals surface area (Å²) < 4.78 is 3.51. The third-order valence-corrected chi connectivity index (χ3v) is 5.94. The summed E-state index contributed by atoms with van der Waals surface area (Å²) in [7, 11) is 0. The fourth-order valence-corrected chi connectivity index (χ4v) is 4.54. The maximum atomic E-state index is 9.79. The molecule has 2 aromatic carbocycles. The number of nitrogens with zero attached hydrogens (tertiary/aromatic N) is 3. The molecule has 5 heteroatoms. The van der Waals surface area contributed by atoms with Gasteiger partial charge in [0.2, 0.25) is 0 Å². The van der Waals surface area contributed by atoms with Gasteiger partial charge in [-0.1, -0.05) is 24.3 Å². The van der Waals surface area contributed by atoms with Crippen molar-refractivity contribution in [1.82, 2.24) is 14.5 Å². The van der Waals surface area contributed by atoms with Crippen LogP contribution in [0.3, 0.4) is 0 Å². The average molecular weight is 473 g/mol. The number of aromatic nitrogens is 2. The fourth-order valence-electron chi connectivity index (χ4n) is 3.93. The number of hydrogen-bond acceptors (Lipinski definition) is 3. The Kier molecular flexibility index (Phi) is 5.78. The highest BCUT2D eigenvalue weighted by molar-refractivity contribution is 14.1. The summed E-state index contributed by atoms with van der Waals surface area (Å²) in [4.78, 5) is 6.91. The lowest BCUT2D eigenvalue weighted by Gasteiger charge is -2.33. The number of benzene rings is 2. The topological polar surface area (TPSA) is 41.3 Å². The number of rotatable bonds is 5. The van der Waals surface area contributed by atoms with Crippen LogP contribution in [0.2, 0.25) is 0 Å². The van der Waals surface area contributed by atoms with Gasteiger partial charge in [0.1, 0.15) is 5.75 Å². The number of aromatic hydroxyl groups is 1. The molecule has 0 amide bonds. The quantitative estimate of drug-likeness (QED) is 0.550. The first kappa shape index (κ1) is 18.5. The lowest BCUT2D eigenvalue weighted by atomic mass is 9.90. The summed E-state index contributed by atoms with van der Waals surface area (Å²) in [5.74, 6) is 0.845. The summed E-state index contributed by atoms with van der Waals surface area (Å²) in [6.45, 7) is 3.91. The second-order valence-corrected chi connectivity index (χ2v) is 8.56. The van der Waals surface area contributed by atoms with Crippen molar-refractivity contribution in [2.75, 3.05) is 13.1 Å². The predicted molar refractivity (Wildman–Crippen MR) is 116 cm³/mol. The van der Waals surface area contributed by atoms with E-state index in [0.29, 0.717) is 11.7 Å². The minimum atomic E-state index is 0.361. The van der Waals surface area contributed by atoms with E-state index in [9.17, 15) is 5.11 Å². The lowest BCUT2D eigenvalue weighted by molar-refractivity contribution is 0.196. The van der Waals surface area contributed by atoms with E-state index in [1.54, 1.807) is 6.07 Å². The molecule has 0 radical (unpaired) electrons. The third kappa shape index (κ3) is 4.71. The Morgan fingerprint density at radius 3 is 2.85 bits per heavy atom. The molecular weight excluding hydrogens is 449 g/mol. The molecule has 140 valence electrons. The van der Waals surface area contributed by atoms with Crippen LogP contribution in [0.5, 0.6) is 5.75 Å². The fraction of sp³-hybridized carbons (Fsp3) is 0.318. The molecular formula is C22H24IN3O. The Labute approximate surface area is 174 Å². The zero-order valence-corrected chi connectivity index (χ0v) is 17.4. The molecule has 1 aliphatic rings. The van der Waals surface area contributed by atoms with Gasteiger partial charge in [-0.15, -0.1) is 0 Å². The number of halogens is 1. The smallest absolute Gasteiger partial charge is 0.115 e. The van der Waals surface area contributed by atoms with Gasteiger partial charge in [-0.2, -0.15) is 0 Å². The van der Waals surface area contributed by atoms with Gasteiger partial charge in [0.25, 0.3) is 0 Å². The zero-order valence-electron chi connectivity index (χ0n) is 15.3. The molecule has 1 atom stereocenters. The Balaban J connectivity index is 1.44. The molecule has 0 saturated carbocycles. The van der Waals surface area contributed by atoms with Crippen LogP contribution in [-0.4, -0.2) is 32.6 Å². The van der Waals surface area contributed by atoms with Crippen LogP contribution in [0.4, 0.5) is 0 Å². The maximum Gasteiger partial charge on any atom is 0.115 e. The van der Waals surface area contributed by atoms with E-state index in [-0.39, 0.29) is 0 Å². The van der Waals surface area contributed by atoms with Gasteiger partial charge < -0.3 is 9.67 Å². The average Bonchev–Trinajstić information content (AvgIpc) is 3.09. The van der Waals surface area contributed by atoms with E-state index in [2.05, 4.69) is 67.4 Å². The van der Waals surface area contributed by atoms with E-state index >= 15 is 0 Å². The first-order chi connectivity index (χ1) is 13.2. The number of hydrogen-bond donors (Lipinski definition) is 1. The molecule has 0 bridgehead atoms.